The minimum Gasteiger partial charge on any atom is -0.261 e. The molecular weight excluding hydrogens is 322 g/mol. The molecule has 26 heavy (non-hydrogen) atoms. The third kappa shape index (κ3) is 4.69. The first-order valence-corrected chi connectivity index (χ1v) is 9.39. The lowest BCUT2D eigenvalue weighted by atomic mass is 10.1. The Balaban J connectivity index is 1.77. The Hall–Kier alpha value is -2.69. The molecule has 3 aromatic rings. The third-order valence-corrected chi connectivity index (χ3v) is 4.31. The second-order valence-electron chi connectivity index (χ2n) is 6.42. The van der Waals surface area contributed by atoms with Crippen molar-refractivity contribution in [3.63, 3.8) is 0 Å². The fraction of sp³-hybridized carbons (Fsp3) is 0.381. The molecule has 0 aliphatic heterocycles. The molecule has 3 aromatic heterocycles. The number of hydrogen-bond acceptors (Lipinski definition) is 5. The van der Waals surface area contributed by atoms with Crippen LogP contribution in [0.3, 0.4) is 0 Å². The van der Waals surface area contributed by atoms with Crippen LogP contribution in [0.25, 0.3) is 22.8 Å². The highest BCUT2D eigenvalue weighted by Crippen LogP contribution is 2.19. The van der Waals surface area contributed by atoms with Crippen molar-refractivity contribution >= 4 is 0 Å². The van der Waals surface area contributed by atoms with Gasteiger partial charge in [-0.2, -0.15) is 0 Å². The first kappa shape index (κ1) is 18.1. The number of unbranched alkanes of at least 4 members (excludes halogenated alkanes) is 2. The molecule has 3 heterocycles. The zero-order valence-electron chi connectivity index (χ0n) is 15.5. The van der Waals surface area contributed by atoms with Gasteiger partial charge < -0.3 is 0 Å². The van der Waals surface area contributed by atoms with Crippen LogP contribution in [-0.4, -0.2) is 24.9 Å². The van der Waals surface area contributed by atoms with E-state index in [9.17, 15) is 0 Å². The van der Waals surface area contributed by atoms with E-state index in [1.54, 1.807) is 6.33 Å². The summed E-state index contributed by atoms with van der Waals surface area (Å²) in [6.07, 6.45) is 11.9. The molecule has 0 radical (unpaired) electrons. The summed E-state index contributed by atoms with van der Waals surface area (Å²) in [6, 6.07) is 8.17. The Bertz CT molecular complexity index is 746. The summed E-state index contributed by atoms with van der Waals surface area (Å²) in [5, 5.41) is 0. The normalized spacial score (nSPS) is 10.8. The van der Waals surface area contributed by atoms with Crippen molar-refractivity contribution in [2.45, 2.75) is 52.4 Å². The maximum Gasteiger partial charge on any atom is 0.164 e. The summed E-state index contributed by atoms with van der Waals surface area (Å²) in [6.45, 7) is 4.37. The third-order valence-electron chi connectivity index (χ3n) is 4.31. The summed E-state index contributed by atoms with van der Waals surface area (Å²) in [5.41, 5.74) is 4.02. The quantitative estimate of drug-likeness (QED) is 0.592. The van der Waals surface area contributed by atoms with Crippen LogP contribution in [-0.2, 0) is 12.8 Å². The average Bonchev–Trinajstić information content (AvgIpc) is 2.71. The molecule has 0 aromatic carbocycles. The molecule has 3 rings (SSSR count). The Kier molecular flexibility index (Phi) is 6.36. The van der Waals surface area contributed by atoms with Gasteiger partial charge >= 0.3 is 0 Å². The fourth-order valence-corrected chi connectivity index (χ4v) is 2.70. The van der Waals surface area contributed by atoms with Gasteiger partial charge in [0.1, 0.15) is 6.33 Å². The minimum absolute atomic E-state index is 0.639. The van der Waals surface area contributed by atoms with E-state index in [1.165, 1.54) is 12.8 Å². The Morgan fingerprint density at radius 3 is 1.54 bits per heavy atom. The van der Waals surface area contributed by atoms with Crippen LogP contribution in [0.5, 0.6) is 0 Å². The lowest BCUT2D eigenvalue weighted by molar-refractivity contribution is 0.776. The molecule has 0 saturated carbocycles. The van der Waals surface area contributed by atoms with E-state index in [0.717, 1.165) is 48.2 Å². The number of rotatable bonds is 8. The lowest BCUT2D eigenvalue weighted by Crippen LogP contribution is -1.98. The number of pyridine rings is 2. The van der Waals surface area contributed by atoms with Gasteiger partial charge in [-0.05, 0) is 49.9 Å². The molecule has 0 saturated heterocycles. The van der Waals surface area contributed by atoms with Gasteiger partial charge in [0.05, 0.1) is 0 Å². The van der Waals surface area contributed by atoms with Crippen molar-refractivity contribution < 1.29 is 0 Å². The summed E-state index contributed by atoms with van der Waals surface area (Å²) in [4.78, 5) is 22.2. The van der Waals surface area contributed by atoms with E-state index in [2.05, 4.69) is 50.9 Å². The number of nitrogens with zero attached hydrogens (tertiary/aromatic N) is 5. The van der Waals surface area contributed by atoms with Gasteiger partial charge in [-0.15, -0.1) is 0 Å². The van der Waals surface area contributed by atoms with Crippen molar-refractivity contribution in [3.8, 4) is 22.8 Å². The first-order valence-electron chi connectivity index (χ1n) is 9.39. The van der Waals surface area contributed by atoms with Gasteiger partial charge in [0.15, 0.2) is 11.6 Å². The van der Waals surface area contributed by atoms with Crippen molar-refractivity contribution in [2.75, 3.05) is 0 Å². The Labute approximate surface area is 155 Å². The molecule has 0 aliphatic carbocycles. The second kappa shape index (κ2) is 9.13. The van der Waals surface area contributed by atoms with Crippen molar-refractivity contribution in [1.29, 1.82) is 0 Å². The number of aryl methyl sites for hydroxylation is 2. The molecule has 0 fully saturated rings. The number of hydrogen-bond donors (Lipinski definition) is 0. The van der Waals surface area contributed by atoms with E-state index < -0.39 is 0 Å². The van der Waals surface area contributed by atoms with Crippen LogP contribution >= 0.6 is 0 Å². The van der Waals surface area contributed by atoms with Crippen molar-refractivity contribution in [2.24, 2.45) is 0 Å². The van der Waals surface area contributed by atoms with E-state index in [0.29, 0.717) is 11.6 Å². The largest absolute Gasteiger partial charge is 0.261 e. The van der Waals surface area contributed by atoms with Crippen LogP contribution < -0.4 is 0 Å². The Morgan fingerprint density at radius 1 is 0.654 bits per heavy atom. The van der Waals surface area contributed by atoms with E-state index in [-0.39, 0.29) is 0 Å². The monoisotopic (exact) mass is 347 g/mol. The van der Waals surface area contributed by atoms with Gasteiger partial charge in [-0.3, -0.25) is 9.97 Å². The van der Waals surface area contributed by atoms with Crippen LogP contribution in [0.1, 0.15) is 50.9 Å². The highest BCUT2D eigenvalue weighted by molar-refractivity contribution is 5.59. The van der Waals surface area contributed by atoms with E-state index >= 15 is 0 Å². The SMILES string of the molecule is CCCCc1ccc(-c2ncnc(-c3ccc(CCCC)nc3)n2)cn1. The van der Waals surface area contributed by atoms with E-state index in [4.69, 9.17) is 0 Å². The predicted molar refractivity (Wildman–Crippen MR) is 104 cm³/mol. The summed E-state index contributed by atoms with van der Waals surface area (Å²) < 4.78 is 0. The van der Waals surface area contributed by atoms with Gasteiger partial charge in [-0.25, -0.2) is 15.0 Å². The molecule has 0 aliphatic rings. The molecule has 0 amide bonds. The lowest BCUT2D eigenvalue weighted by Gasteiger charge is -2.05. The van der Waals surface area contributed by atoms with Gasteiger partial charge in [-0.1, -0.05) is 26.7 Å². The summed E-state index contributed by atoms with van der Waals surface area (Å²) in [7, 11) is 0. The van der Waals surface area contributed by atoms with Crippen LogP contribution in [0, 0.1) is 0 Å². The molecular formula is C21H25N5. The molecule has 0 bridgehead atoms. The highest BCUT2D eigenvalue weighted by atomic mass is 15.0. The molecule has 0 spiro atoms. The smallest absolute Gasteiger partial charge is 0.164 e. The van der Waals surface area contributed by atoms with Crippen molar-refractivity contribution in [1.82, 2.24) is 24.9 Å². The number of aromatic nitrogens is 5. The predicted octanol–water partition coefficient (Wildman–Crippen LogP) is 4.68. The fourth-order valence-electron chi connectivity index (χ4n) is 2.70. The molecule has 0 unspecified atom stereocenters. The van der Waals surface area contributed by atoms with Crippen LogP contribution in [0.2, 0.25) is 0 Å². The zero-order valence-corrected chi connectivity index (χ0v) is 15.5. The summed E-state index contributed by atoms with van der Waals surface area (Å²) in [5.74, 6) is 1.28. The average molecular weight is 347 g/mol. The van der Waals surface area contributed by atoms with Gasteiger partial charge in [0, 0.05) is 34.9 Å². The molecule has 5 nitrogen and oxygen atoms in total. The van der Waals surface area contributed by atoms with E-state index in [1.807, 2.05) is 24.5 Å². The van der Waals surface area contributed by atoms with Crippen LogP contribution in [0.4, 0.5) is 0 Å². The molecule has 0 N–H and O–H groups in total. The molecule has 5 heteroatoms. The van der Waals surface area contributed by atoms with Gasteiger partial charge in [0.2, 0.25) is 0 Å². The summed E-state index contributed by atoms with van der Waals surface area (Å²) >= 11 is 0. The maximum atomic E-state index is 4.59. The standard InChI is InChI=1S/C21H25N5/c1-3-5-7-18-11-9-16(13-22-18)20-24-15-25-21(26-20)17-10-12-19(23-14-17)8-6-4-2/h9-15H,3-8H2,1-2H3. The zero-order chi connectivity index (χ0) is 18.2. The highest BCUT2D eigenvalue weighted by Gasteiger charge is 2.07. The first-order chi connectivity index (χ1) is 12.8. The minimum atomic E-state index is 0.639. The van der Waals surface area contributed by atoms with Crippen LogP contribution in [0.15, 0.2) is 43.0 Å². The molecule has 0 atom stereocenters. The second-order valence-corrected chi connectivity index (χ2v) is 6.42. The van der Waals surface area contributed by atoms with Crippen molar-refractivity contribution in [3.05, 3.63) is 54.4 Å². The Morgan fingerprint density at radius 2 is 1.15 bits per heavy atom. The van der Waals surface area contributed by atoms with Gasteiger partial charge in [0.25, 0.3) is 0 Å². The topological polar surface area (TPSA) is 64.5 Å². The molecule has 134 valence electrons. The maximum absolute atomic E-state index is 4.59.